The lowest BCUT2D eigenvalue weighted by atomic mass is 10.1. The Kier molecular flexibility index (Phi) is 2.77. The second-order valence-electron chi connectivity index (χ2n) is 3.99. The highest BCUT2D eigenvalue weighted by Crippen LogP contribution is 2.30. The fraction of sp³-hybridized carbons (Fsp3) is 0.400. The molecular weight excluding hydrogens is 228 g/mol. The largest absolute Gasteiger partial charge is 0.474 e. The van der Waals surface area contributed by atoms with E-state index in [1.54, 1.807) is 12.1 Å². The zero-order valence-corrected chi connectivity index (χ0v) is 9.75. The van der Waals surface area contributed by atoms with Crippen LogP contribution in [0.1, 0.15) is 12.5 Å². The average Bonchev–Trinajstić information content (AvgIpc) is 2.14. The van der Waals surface area contributed by atoms with Crippen molar-refractivity contribution in [1.29, 1.82) is 0 Å². The molecular formula is C10H14N2O3S. The van der Waals surface area contributed by atoms with E-state index in [4.69, 9.17) is 10.5 Å². The third kappa shape index (κ3) is 2.45. The molecule has 0 amide bonds. The van der Waals surface area contributed by atoms with E-state index in [2.05, 4.69) is 4.72 Å². The summed E-state index contributed by atoms with van der Waals surface area (Å²) in [6.45, 7) is 1.90. The number of nitrogens with two attached hydrogens (primary N) is 1. The van der Waals surface area contributed by atoms with Crippen molar-refractivity contribution in [2.75, 3.05) is 10.7 Å². The van der Waals surface area contributed by atoms with Crippen LogP contribution in [0, 0.1) is 0 Å². The van der Waals surface area contributed by atoms with Gasteiger partial charge in [-0.1, -0.05) is 6.07 Å². The lowest BCUT2D eigenvalue weighted by molar-refractivity contribution is 0.374. The molecule has 0 fully saturated rings. The van der Waals surface area contributed by atoms with Gasteiger partial charge in [-0.3, -0.25) is 4.72 Å². The smallest absolute Gasteiger partial charge is 0.268 e. The zero-order valence-electron chi connectivity index (χ0n) is 8.93. The van der Waals surface area contributed by atoms with E-state index in [0.717, 1.165) is 5.56 Å². The number of nitrogens with one attached hydrogen (secondary N) is 1. The Morgan fingerprint density at radius 3 is 3.00 bits per heavy atom. The Labute approximate surface area is 94.6 Å². The average molecular weight is 242 g/mol. The molecule has 6 heteroatoms. The van der Waals surface area contributed by atoms with E-state index >= 15 is 0 Å². The summed E-state index contributed by atoms with van der Waals surface area (Å²) in [4.78, 5) is 0. The molecule has 0 spiro atoms. The van der Waals surface area contributed by atoms with E-state index in [0.29, 0.717) is 17.9 Å². The lowest BCUT2D eigenvalue weighted by Crippen LogP contribution is -2.25. The summed E-state index contributed by atoms with van der Waals surface area (Å²) in [5.74, 6) is 0.232. The summed E-state index contributed by atoms with van der Waals surface area (Å²) in [6.07, 6.45) is 0.703. The van der Waals surface area contributed by atoms with Crippen molar-refractivity contribution in [2.45, 2.75) is 19.4 Å². The van der Waals surface area contributed by atoms with Gasteiger partial charge >= 0.3 is 0 Å². The number of hydrogen-bond acceptors (Lipinski definition) is 4. The van der Waals surface area contributed by atoms with Gasteiger partial charge in [0.05, 0.1) is 5.69 Å². The summed E-state index contributed by atoms with van der Waals surface area (Å²) in [6, 6.07) is 5.45. The molecule has 88 valence electrons. The van der Waals surface area contributed by atoms with Crippen molar-refractivity contribution in [1.82, 2.24) is 0 Å². The number of rotatable bonds is 2. The highest BCUT2D eigenvalue weighted by atomic mass is 32.2. The zero-order chi connectivity index (χ0) is 11.8. The SMILES string of the molecule is CC(N)Cc1ccc2c(c1)NS(=O)(=O)CO2. The molecule has 1 aromatic carbocycles. The van der Waals surface area contributed by atoms with E-state index in [9.17, 15) is 8.42 Å². The maximum absolute atomic E-state index is 11.3. The molecule has 0 saturated carbocycles. The Morgan fingerprint density at radius 2 is 2.31 bits per heavy atom. The van der Waals surface area contributed by atoms with Gasteiger partial charge in [-0.25, -0.2) is 8.42 Å². The minimum absolute atomic E-state index is 0.0409. The second-order valence-corrected chi connectivity index (χ2v) is 5.66. The van der Waals surface area contributed by atoms with Gasteiger partial charge in [-0.05, 0) is 31.0 Å². The molecule has 2 rings (SSSR count). The highest BCUT2D eigenvalue weighted by molar-refractivity contribution is 7.92. The van der Waals surface area contributed by atoms with Gasteiger partial charge in [0.15, 0.2) is 0 Å². The predicted octanol–water partition coefficient (Wildman–Crippen LogP) is 0.668. The number of hydrogen-bond donors (Lipinski definition) is 2. The van der Waals surface area contributed by atoms with Crippen molar-refractivity contribution in [2.24, 2.45) is 5.73 Å². The normalized spacial score (nSPS) is 19.1. The highest BCUT2D eigenvalue weighted by Gasteiger charge is 2.21. The van der Waals surface area contributed by atoms with Gasteiger partial charge in [0.1, 0.15) is 5.75 Å². The number of fused-ring (bicyclic) bond motifs is 1. The van der Waals surface area contributed by atoms with Crippen LogP contribution in [-0.2, 0) is 16.4 Å². The van der Waals surface area contributed by atoms with Crippen LogP contribution in [0.5, 0.6) is 5.75 Å². The molecule has 1 aliphatic rings. The molecule has 1 unspecified atom stereocenters. The van der Waals surface area contributed by atoms with E-state index in [-0.39, 0.29) is 12.0 Å². The van der Waals surface area contributed by atoms with Gasteiger partial charge in [0.25, 0.3) is 10.0 Å². The molecule has 1 aliphatic heterocycles. The van der Waals surface area contributed by atoms with Crippen LogP contribution in [0.4, 0.5) is 5.69 Å². The van der Waals surface area contributed by atoms with Gasteiger partial charge in [0.2, 0.25) is 5.94 Å². The van der Waals surface area contributed by atoms with Gasteiger partial charge in [0, 0.05) is 6.04 Å². The summed E-state index contributed by atoms with van der Waals surface area (Å²) in [5, 5.41) is 0. The third-order valence-electron chi connectivity index (χ3n) is 2.24. The van der Waals surface area contributed by atoms with Crippen molar-refractivity contribution in [3.63, 3.8) is 0 Å². The molecule has 5 nitrogen and oxygen atoms in total. The maximum atomic E-state index is 11.3. The van der Waals surface area contributed by atoms with E-state index in [1.807, 2.05) is 13.0 Å². The molecule has 1 atom stereocenters. The minimum atomic E-state index is -3.34. The lowest BCUT2D eigenvalue weighted by Gasteiger charge is -2.20. The summed E-state index contributed by atoms with van der Waals surface area (Å²) in [5.41, 5.74) is 7.16. The molecule has 0 aromatic heterocycles. The molecule has 0 bridgehead atoms. The number of sulfonamides is 1. The molecule has 0 radical (unpaired) electrons. The Morgan fingerprint density at radius 1 is 1.56 bits per heavy atom. The first-order valence-electron chi connectivity index (χ1n) is 4.98. The Balaban J connectivity index is 2.31. The third-order valence-corrected chi connectivity index (χ3v) is 3.20. The molecule has 16 heavy (non-hydrogen) atoms. The van der Waals surface area contributed by atoms with Crippen molar-refractivity contribution in [3.8, 4) is 5.75 Å². The molecule has 1 aromatic rings. The Hall–Kier alpha value is -1.27. The minimum Gasteiger partial charge on any atom is -0.474 e. The van der Waals surface area contributed by atoms with Crippen LogP contribution >= 0.6 is 0 Å². The number of benzene rings is 1. The van der Waals surface area contributed by atoms with Crippen LogP contribution in [0.2, 0.25) is 0 Å². The number of anilines is 1. The fourth-order valence-corrected chi connectivity index (χ4v) is 2.46. The first kappa shape index (κ1) is 11.2. The van der Waals surface area contributed by atoms with Crippen LogP contribution in [0.3, 0.4) is 0 Å². The second kappa shape index (κ2) is 3.95. The van der Waals surface area contributed by atoms with Gasteiger partial charge < -0.3 is 10.5 Å². The van der Waals surface area contributed by atoms with Gasteiger partial charge in [-0.15, -0.1) is 0 Å². The molecule has 0 aliphatic carbocycles. The van der Waals surface area contributed by atoms with Crippen LogP contribution in [-0.4, -0.2) is 20.4 Å². The molecule has 0 saturated heterocycles. The first-order chi connectivity index (χ1) is 7.46. The quantitative estimate of drug-likeness (QED) is 0.798. The van der Waals surface area contributed by atoms with Crippen LogP contribution in [0.25, 0.3) is 0 Å². The predicted molar refractivity (Wildman–Crippen MR) is 61.8 cm³/mol. The van der Waals surface area contributed by atoms with Crippen molar-refractivity contribution in [3.05, 3.63) is 23.8 Å². The number of ether oxygens (including phenoxy) is 1. The Bertz CT molecular complexity index is 497. The van der Waals surface area contributed by atoms with Gasteiger partial charge in [-0.2, -0.15) is 0 Å². The monoisotopic (exact) mass is 242 g/mol. The van der Waals surface area contributed by atoms with Crippen LogP contribution < -0.4 is 15.2 Å². The van der Waals surface area contributed by atoms with Crippen molar-refractivity contribution < 1.29 is 13.2 Å². The van der Waals surface area contributed by atoms with E-state index < -0.39 is 10.0 Å². The van der Waals surface area contributed by atoms with Crippen molar-refractivity contribution >= 4 is 15.7 Å². The molecule has 1 heterocycles. The summed E-state index contributed by atoms with van der Waals surface area (Å²) >= 11 is 0. The first-order valence-corrected chi connectivity index (χ1v) is 6.63. The fourth-order valence-electron chi connectivity index (χ4n) is 1.62. The van der Waals surface area contributed by atoms with E-state index in [1.165, 1.54) is 0 Å². The standard InChI is InChI=1S/C10H14N2O3S/c1-7(11)4-8-2-3-10-9(5-8)12-16(13,14)6-15-10/h2-3,5,7,12H,4,6,11H2,1H3. The summed E-state index contributed by atoms with van der Waals surface area (Å²) in [7, 11) is -3.34. The molecule has 3 N–H and O–H groups in total. The maximum Gasteiger partial charge on any atom is 0.268 e. The van der Waals surface area contributed by atoms with Crippen LogP contribution in [0.15, 0.2) is 18.2 Å². The topological polar surface area (TPSA) is 81.4 Å². The summed E-state index contributed by atoms with van der Waals surface area (Å²) < 4.78 is 30.1.